The van der Waals surface area contributed by atoms with E-state index in [4.69, 9.17) is 18.0 Å². The Hall–Kier alpha value is -1.09. The third-order valence-corrected chi connectivity index (χ3v) is 2.10. The molecule has 0 amide bonds. The number of hydrogen-bond acceptors (Lipinski definition) is 1. The molecule has 0 spiro atoms. The molecule has 0 bridgehead atoms. The van der Waals surface area contributed by atoms with Gasteiger partial charge >= 0.3 is 0 Å². The van der Waals surface area contributed by atoms with Crippen molar-refractivity contribution in [2.24, 2.45) is 11.7 Å². The minimum atomic E-state index is 0.435. The molecule has 0 aliphatic rings. The molecule has 1 aromatic rings. The fourth-order valence-corrected chi connectivity index (χ4v) is 1.48. The summed E-state index contributed by atoms with van der Waals surface area (Å²) in [5, 5.41) is 0.435. The van der Waals surface area contributed by atoms with E-state index in [0.717, 1.165) is 12.2 Å². The Morgan fingerprint density at radius 1 is 1.36 bits per heavy atom. The Bertz CT molecular complexity index is 295. The highest BCUT2D eigenvalue weighted by molar-refractivity contribution is 7.80. The van der Waals surface area contributed by atoms with Crippen LogP contribution in [0, 0.1) is 5.92 Å². The lowest BCUT2D eigenvalue weighted by Crippen LogP contribution is -2.38. The molecule has 14 heavy (non-hydrogen) atoms. The number of benzene rings is 1. The van der Waals surface area contributed by atoms with Crippen molar-refractivity contribution in [1.29, 1.82) is 0 Å². The van der Waals surface area contributed by atoms with E-state index < -0.39 is 0 Å². The second-order valence-corrected chi connectivity index (χ2v) is 4.10. The molecule has 0 radical (unpaired) electrons. The first-order chi connectivity index (χ1) is 6.61. The lowest BCUT2D eigenvalue weighted by molar-refractivity contribution is 0.658. The van der Waals surface area contributed by atoms with Crippen LogP contribution in [-0.4, -0.2) is 11.7 Å². The maximum atomic E-state index is 5.67. The van der Waals surface area contributed by atoms with Crippen LogP contribution in [0.5, 0.6) is 0 Å². The van der Waals surface area contributed by atoms with Crippen molar-refractivity contribution in [2.75, 3.05) is 11.4 Å². The number of para-hydroxylation sites is 1. The van der Waals surface area contributed by atoms with E-state index in [-0.39, 0.29) is 0 Å². The second kappa shape index (κ2) is 4.96. The Labute approximate surface area is 90.7 Å². The summed E-state index contributed by atoms with van der Waals surface area (Å²) in [4.78, 5) is 1.96. The number of hydrogen-bond donors (Lipinski definition) is 1. The smallest absolute Gasteiger partial charge is 0.170 e. The SMILES string of the molecule is CC(C)CN(C(N)=S)c1ccccc1. The van der Waals surface area contributed by atoms with Gasteiger partial charge in [0.15, 0.2) is 5.11 Å². The molecule has 0 aliphatic carbocycles. The highest BCUT2D eigenvalue weighted by Crippen LogP contribution is 2.14. The van der Waals surface area contributed by atoms with Crippen LogP contribution >= 0.6 is 12.2 Å². The molecule has 0 aliphatic heterocycles. The first kappa shape index (κ1) is 11.0. The van der Waals surface area contributed by atoms with Gasteiger partial charge in [-0.1, -0.05) is 32.0 Å². The minimum Gasteiger partial charge on any atom is -0.376 e. The first-order valence-electron chi connectivity index (χ1n) is 4.73. The van der Waals surface area contributed by atoms with Crippen molar-refractivity contribution >= 4 is 23.0 Å². The Morgan fingerprint density at radius 2 is 1.93 bits per heavy atom. The third-order valence-electron chi connectivity index (χ3n) is 1.88. The quantitative estimate of drug-likeness (QED) is 0.773. The van der Waals surface area contributed by atoms with Crippen molar-refractivity contribution in [3.8, 4) is 0 Å². The first-order valence-corrected chi connectivity index (χ1v) is 5.14. The second-order valence-electron chi connectivity index (χ2n) is 3.68. The molecule has 2 nitrogen and oxygen atoms in total. The Morgan fingerprint density at radius 3 is 2.36 bits per heavy atom. The van der Waals surface area contributed by atoms with Crippen LogP contribution in [-0.2, 0) is 0 Å². The summed E-state index contributed by atoms with van der Waals surface area (Å²) < 4.78 is 0. The van der Waals surface area contributed by atoms with Gasteiger partial charge in [0.25, 0.3) is 0 Å². The number of rotatable bonds is 3. The molecule has 2 N–H and O–H groups in total. The zero-order valence-electron chi connectivity index (χ0n) is 8.60. The van der Waals surface area contributed by atoms with Gasteiger partial charge in [-0.25, -0.2) is 0 Å². The topological polar surface area (TPSA) is 29.3 Å². The monoisotopic (exact) mass is 208 g/mol. The van der Waals surface area contributed by atoms with Gasteiger partial charge in [0.05, 0.1) is 0 Å². The lowest BCUT2D eigenvalue weighted by atomic mass is 10.2. The van der Waals surface area contributed by atoms with E-state index in [1.807, 2.05) is 35.2 Å². The van der Waals surface area contributed by atoms with Crippen LogP contribution in [0.4, 0.5) is 5.69 Å². The molecule has 0 atom stereocenters. The minimum absolute atomic E-state index is 0.435. The number of thiocarbonyl (C=S) groups is 1. The van der Waals surface area contributed by atoms with Gasteiger partial charge in [-0.15, -0.1) is 0 Å². The molecule has 1 rings (SSSR count). The molecule has 0 saturated carbocycles. The fraction of sp³-hybridized carbons (Fsp3) is 0.364. The van der Waals surface area contributed by atoms with Crippen molar-refractivity contribution in [3.63, 3.8) is 0 Å². The third kappa shape index (κ3) is 3.00. The molecule has 1 aromatic carbocycles. The van der Waals surface area contributed by atoms with Crippen molar-refractivity contribution in [3.05, 3.63) is 30.3 Å². The number of anilines is 1. The van der Waals surface area contributed by atoms with Gasteiger partial charge in [-0.2, -0.15) is 0 Å². The summed E-state index contributed by atoms with van der Waals surface area (Å²) in [5.41, 5.74) is 6.74. The average molecular weight is 208 g/mol. The summed E-state index contributed by atoms with van der Waals surface area (Å²) in [7, 11) is 0. The van der Waals surface area contributed by atoms with Crippen LogP contribution in [0.3, 0.4) is 0 Å². The molecule has 0 unspecified atom stereocenters. The highest BCUT2D eigenvalue weighted by atomic mass is 32.1. The molecule has 0 saturated heterocycles. The standard InChI is InChI=1S/C11H16N2S/c1-9(2)8-13(11(12)14)10-6-4-3-5-7-10/h3-7,9H,8H2,1-2H3,(H2,12,14). The van der Waals surface area contributed by atoms with Gasteiger partial charge in [-0.05, 0) is 30.3 Å². The predicted octanol–water partition coefficient (Wildman–Crippen LogP) is 2.39. The zero-order valence-corrected chi connectivity index (χ0v) is 9.42. The van der Waals surface area contributed by atoms with E-state index in [1.165, 1.54) is 0 Å². The predicted molar refractivity (Wildman–Crippen MR) is 65.4 cm³/mol. The largest absolute Gasteiger partial charge is 0.376 e. The molecule has 0 aromatic heterocycles. The Kier molecular flexibility index (Phi) is 3.89. The molecule has 0 fully saturated rings. The normalized spacial score (nSPS) is 10.2. The van der Waals surface area contributed by atoms with Gasteiger partial charge in [0, 0.05) is 12.2 Å². The zero-order chi connectivity index (χ0) is 10.6. The molecular formula is C11H16N2S. The highest BCUT2D eigenvalue weighted by Gasteiger charge is 2.09. The molecule has 0 heterocycles. The van der Waals surface area contributed by atoms with Gasteiger partial charge in [0.2, 0.25) is 0 Å². The van der Waals surface area contributed by atoms with Crippen molar-refractivity contribution in [2.45, 2.75) is 13.8 Å². The molecule has 3 heteroatoms. The summed E-state index contributed by atoms with van der Waals surface area (Å²) in [6, 6.07) is 9.99. The average Bonchev–Trinajstić information content (AvgIpc) is 2.15. The van der Waals surface area contributed by atoms with E-state index >= 15 is 0 Å². The van der Waals surface area contributed by atoms with E-state index in [9.17, 15) is 0 Å². The summed E-state index contributed by atoms with van der Waals surface area (Å²) >= 11 is 5.02. The summed E-state index contributed by atoms with van der Waals surface area (Å²) in [5.74, 6) is 0.539. The maximum Gasteiger partial charge on any atom is 0.170 e. The number of nitrogens with zero attached hydrogens (tertiary/aromatic N) is 1. The summed E-state index contributed by atoms with van der Waals surface area (Å²) in [6.07, 6.45) is 0. The molecule has 76 valence electrons. The van der Waals surface area contributed by atoms with E-state index in [1.54, 1.807) is 0 Å². The van der Waals surface area contributed by atoms with E-state index in [2.05, 4.69) is 13.8 Å². The van der Waals surface area contributed by atoms with Crippen LogP contribution < -0.4 is 10.6 Å². The van der Waals surface area contributed by atoms with Crippen LogP contribution in [0.25, 0.3) is 0 Å². The van der Waals surface area contributed by atoms with Crippen LogP contribution in [0.1, 0.15) is 13.8 Å². The van der Waals surface area contributed by atoms with Crippen molar-refractivity contribution < 1.29 is 0 Å². The Balaban J connectivity index is 2.84. The van der Waals surface area contributed by atoms with Gasteiger partial charge < -0.3 is 10.6 Å². The fourth-order valence-electron chi connectivity index (χ4n) is 1.30. The maximum absolute atomic E-state index is 5.67. The molecular weight excluding hydrogens is 192 g/mol. The van der Waals surface area contributed by atoms with Gasteiger partial charge in [-0.3, -0.25) is 0 Å². The summed E-state index contributed by atoms with van der Waals surface area (Å²) in [6.45, 7) is 5.15. The lowest BCUT2D eigenvalue weighted by Gasteiger charge is -2.24. The van der Waals surface area contributed by atoms with Crippen LogP contribution in [0.15, 0.2) is 30.3 Å². The van der Waals surface area contributed by atoms with Gasteiger partial charge in [0.1, 0.15) is 0 Å². The van der Waals surface area contributed by atoms with Crippen LogP contribution in [0.2, 0.25) is 0 Å². The van der Waals surface area contributed by atoms with Crippen molar-refractivity contribution in [1.82, 2.24) is 0 Å². The number of nitrogens with two attached hydrogens (primary N) is 1. The van der Waals surface area contributed by atoms with E-state index in [0.29, 0.717) is 11.0 Å².